The van der Waals surface area contributed by atoms with Crippen LogP contribution in [0.1, 0.15) is 29.7 Å². The van der Waals surface area contributed by atoms with Crippen molar-refractivity contribution in [1.82, 2.24) is 15.0 Å². The van der Waals surface area contributed by atoms with Crippen LogP contribution in [-0.2, 0) is 0 Å². The minimum Gasteiger partial charge on any atom is -0.393 e. The van der Waals surface area contributed by atoms with Crippen molar-refractivity contribution in [3.05, 3.63) is 41.5 Å². The topological polar surface area (TPSA) is 88.2 Å². The molecule has 3 heterocycles. The van der Waals surface area contributed by atoms with E-state index < -0.39 is 0 Å². The Hall–Kier alpha value is -2.65. The number of hydrogen-bond donors (Lipinski definition) is 2. The van der Waals surface area contributed by atoms with Crippen LogP contribution in [0.5, 0.6) is 0 Å². The van der Waals surface area contributed by atoms with E-state index in [1.807, 2.05) is 13.0 Å². The molecular weight excluding hydrogens is 290 g/mol. The van der Waals surface area contributed by atoms with Crippen LogP contribution >= 0.6 is 0 Å². The van der Waals surface area contributed by atoms with Crippen molar-refractivity contribution in [1.29, 1.82) is 0 Å². The van der Waals surface area contributed by atoms with E-state index in [0.29, 0.717) is 5.82 Å². The maximum absolute atomic E-state index is 9.67. The number of aliphatic hydroxyl groups excluding tert-OH is 1. The molecule has 1 aliphatic heterocycles. The van der Waals surface area contributed by atoms with E-state index in [-0.39, 0.29) is 6.10 Å². The predicted molar refractivity (Wildman–Crippen MR) is 88.9 cm³/mol. The first-order valence-corrected chi connectivity index (χ1v) is 7.61. The Morgan fingerprint density at radius 1 is 1.17 bits per heavy atom. The van der Waals surface area contributed by atoms with Crippen molar-refractivity contribution in [2.75, 3.05) is 23.7 Å². The maximum Gasteiger partial charge on any atom is 0.148 e. The summed E-state index contributed by atoms with van der Waals surface area (Å²) in [6.45, 7) is 3.47. The molecule has 1 aliphatic rings. The molecule has 0 spiro atoms. The maximum atomic E-state index is 9.67. The summed E-state index contributed by atoms with van der Waals surface area (Å²) in [6.07, 6.45) is 4.49. The number of nitrogen functional groups attached to an aromatic ring is 1. The Morgan fingerprint density at radius 2 is 1.96 bits per heavy atom. The van der Waals surface area contributed by atoms with Gasteiger partial charge in [0.25, 0.3) is 0 Å². The summed E-state index contributed by atoms with van der Waals surface area (Å²) in [5.41, 5.74) is 8.04. The lowest BCUT2D eigenvalue weighted by Gasteiger charge is -2.31. The number of piperidine rings is 1. The molecule has 3 N–H and O–H groups in total. The van der Waals surface area contributed by atoms with Crippen LogP contribution in [0.4, 0.5) is 11.6 Å². The fraction of sp³-hybridized carbons (Fsp3) is 0.353. The van der Waals surface area contributed by atoms with Crippen LogP contribution in [0.25, 0.3) is 0 Å². The van der Waals surface area contributed by atoms with Crippen molar-refractivity contribution >= 4 is 11.6 Å². The molecule has 1 saturated heterocycles. The van der Waals surface area contributed by atoms with E-state index in [1.165, 1.54) is 0 Å². The standard InChI is InChI=1S/C17H19N5O/c1-12-15(4-2-13-3-5-16(18)19-10-13)17(21-11-20-12)22-8-6-14(23)7-9-22/h3,5,10-11,14,23H,6-9H2,1H3,(H2,18,19). The highest BCUT2D eigenvalue weighted by Gasteiger charge is 2.20. The zero-order valence-corrected chi connectivity index (χ0v) is 13.0. The molecule has 0 aromatic carbocycles. The van der Waals surface area contributed by atoms with E-state index in [2.05, 4.69) is 31.7 Å². The van der Waals surface area contributed by atoms with Gasteiger partial charge in [0.2, 0.25) is 0 Å². The quantitative estimate of drug-likeness (QED) is 0.768. The summed E-state index contributed by atoms with van der Waals surface area (Å²) in [5.74, 6) is 7.57. The second-order valence-electron chi connectivity index (χ2n) is 5.60. The summed E-state index contributed by atoms with van der Waals surface area (Å²) in [6, 6.07) is 3.57. The normalized spacial score (nSPS) is 15.1. The van der Waals surface area contributed by atoms with Gasteiger partial charge in [-0.3, -0.25) is 0 Å². The van der Waals surface area contributed by atoms with Gasteiger partial charge in [0.15, 0.2) is 0 Å². The van der Waals surface area contributed by atoms with E-state index in [4.69, 9.17) is 5.73 Å². The Labute approximate surface area is 135 Å². The van der Waals surface area contributed by atoms with Gasteiger partial charge >= 0.3 is 0 Å². The summed E-state index contributed by atoms with van der Waals surface area (Å²) in [4.78, 5) is 14.9. The first kappa shape index (κ1) is 15.3. The highest BCUT2D eigenvalue weighted by molar-refractivity contribution is 5.59. The monoisotopic (exact) mass is 309 g/mol. The molecule has 23 heavy (non-hydrogen) atoms. The molecule has 6 heteroatoms. The minimum atomic E-state index is -0.218. The van der Waals surface area contributed by atoms with Gasteiger partial charge in [0, 0.05) is 24.8 Å². The number of pyridine rings is 1. The van der Waals surface area contributed by atoms with Gasteiger partial charge in [0.05, 0.1) is 17.4 Å². The molecule has 0 bridgehead atoms. The van der Waals surface area contributed by atoms with E-state index in [0.717, 1.165) is 48.6 Å². The second-order valence-corrected chi connectivity index (χ2v) is 5.60. The molecule has 0 saturated carbocycles. The van der Waals surface area contributed by atoms with Gasteiger partial charge in [-0.05, 0) is 31.9 Å². The average Bonchev–Trinajstić information content (AvgIpc) is 2.56. The van der Waals surface area contributed by atoms with Crippen molar-refractivity contribution in [2.45, 2.75) is 25.9 Å². The lowest BCUT2D eigenvalue weighted by molar-refractivity contribution is 0.145. The summed E-state index contributed by atoms with van der Waals surface area (Å²) in [5, 5.41) is 9.67. The molecule has 3 rings (SSSR count). The van der Waals surface area contributed by atoms with Gasteiger partial charge in [-0.2, -0.15) is 0 Å². The third kappa shape index (κ3) is 3.58. The van der Waals surface area contributed by atoms with Crippen LogP contribution in [0.2, 0.25) is 0 Å². The van der Waals surface area contributed by atoms with Crippen LogP contribution in [0.15, 0.2) is 24.7 Å². The number of aromatic nitrogens is 3. The third-order valence-electron chi connectivity index (χ3n) is 3.90. The zero-order valence-electron chi connectivity index (χ0n) is 13.0. The number of aryl methyl sites for hydroxylation is 1. The van der Waals surface area contributed by atoms with Gasteiger partial charge < -0.3 is 15.7 Å². The molecule has 1 fully saturated rings. The fourth-order valence-corrected chi connectivity index (χ4v) is 2.54. The first-order valence-electron chi connectivity index (χ1n) is 7.61. The van der Waals surface area contributed by atoms with E-state index >= 15 is 0 Å². The number of anilines is 2. The van der Waals surface area contributed by atoms with Crippen molar-refractivity contribution in [3.63, 3.8) is 0 Å². The number of hydrogen-bond acceptors (Lipinski definition) is 6. The van der Waals surface area contributed by atoms with Gasteiger partial charge in [-0.1, -0.05) is 11.8 Å². The SMILES string of the molecule is Cc1ncnc(N2CCC(O)CC2)c1C#Cc1ccc(N)nc1. The van der Waals surface area contributed by atoms with Crippen LogP contribution < -0.4 is 10.6 Å². The van der Waals surface area contributed by atoms with Gasteiger partial charge in [-0.25, -0.2) is 15.0 Å². The Morgan fingerprint density at radius 3 is 2.65 bits per heavy atom. The summed E-state index contributed by atoms with van der Waals surface area (Å²) in [7, 11) is 0. The molecule has 0 unspecified atom stereocenters. The lowest BCUT2D eigenvalue weighted by Crippen LogP contribution is -2.36. The Balaban J connectivity index is 1.91. The van der Waals surface area contributed by atoms with E-state index in [1.54, 1.807) is 18.6 Å². The molecule has 6 nitrogen and oxygen atoms in total. The Kier molecular flexibility index (Phi) is 4.40. The van der Waals surface area contributed by atoms with Crippen molar-refractivity contribution in [2.24, 2.45) is 0 Å². The van der Waals surface area contributed by atoms with Crippen LogP contribution in [-0.4, -0.2) is 39.3 Å². The smallest absolute Gasteiger partial charge is 0.148 e. The number of aliphatic hydroxyl groups is 1. The molecular formula is C17H19N5O. The minimum absolute atomic E-state index is 0.218. The molecule has 0 atom stereocenters. The highest BCUT2D eigenvalue weighted by Crippen LogP contribution is 2.22. The molecule has 0 amide bonds. The number of nitrogens with zero attached hydrogens (tertiary/aromatic N) is 4. The van der Waals surface area contributed by atoms with Crippen molar-refractivity contribution in [3.8, 4) is 11.8 Å². The van der Waals surface area contributed by atoms with Gasteiger partial charge in [-0.15, -0.1) is 0 Å². The molecule has 0 aliphatic carbocycles. The largest absolute Gasteiger partial charge is 0.393 e. The second kappa shape index (κ2) is 6.63. The van der Waals surface area contributed by atoms with Crippen molar-refractivity contribution < 1.29 is 5.11 Å². The average molecular weight is 309 g/mol. The third-order valence-corrected chi connectivity index (χ3v) is 3.90. The van der Waals surface area contributed by atoms with E-state index in [9.17, 15) is 5.11 Å². The van der Waals surface area contributed by atoms with Crippen LogP contribution in [0, 0.1) is 18.8 Å². The summed E-state index contributed by atoms with van der Waals surface area (Å²) < 4.78 is 0. The molecule has 0 radical (unpaired) electrons. The zero-order chi connectivity index (χ0) is 16.2. The lowest BCUT2D eigenvalue weighted by atomic mass is 10.1. The molecule has 118 valence electrons. The first-order chi connectivity index (χ1) is 11.1. The Bertz CT molecular complexity index is 740. The fourth-order valence-electron chi connectivity index (χ4n) is 2.54. The molecule has 2 aromatic rings. The highest BCUT2D eigenvalue weighted by atomic mass is 16.3. The summed E-state index contributed by atoms with van der Waals surface area (Å²) >= 11 is 0. The van der Waals surface area contributed by atoms with Gasteiger partial charge in [0.1, 0.15) is 18.0 Å². The molecule has 2 aromatic heterocycles. The van der Waals surface area contributed by atoms with Crippen LogP contribution in [0.3, 0.4) is 0 Å². The number of nitrogens with two attached hydrogens (primary N) is 1. The number of rotatable bonds is 1. The predicted octanol–water partition coefficient (Wildman–Crippen LogP) is 1.12.